The highest BCUT2D eigenvalue weighted by molar-refractivity contribution is 5.91. The lowest BCUT2D eigenvalue weighted by Gasteiger charge is -2.46. The molecular formula is C29H41F3N6O. The van der Waals surface area contributed by atoms with Crippen LogP contribution in [0.4, 0.5) is 24.7 Å². The van der Waals surface area contributed by atoms with Crippen molar-refractivity contribution in [2.75, 3.05) is 18.4 Å². The molecule has 1 aliphatic rings. The number of aromatic amines is 1. The molecule has 0 bridgehead atoms. The fourth-order valence-electron chi connectivity index (χ4n) is 5.52. The summed E-state index contributed by atoms with van der Waals surface area (Å²) >= 11 is 0. The van der Waals surface area contributed by atoms with Crippen molar-refractivity contribution in [2.45, 2.75) is 96.6 Å². The summed E-state index contributed by atoms with van der Waals surface area (Å²) < 4.78 is 43.4. The maximum absolute atomic E-state index is 13.8. The van der Waals surface area contributed by atoms with E-state index in [2.05, 4.69) is 48.2 Å². The molecule has 0 saturated carbocycles. The zero-order chi connectivity index (χ0) is 28.8. The van der Waals surface area contributed by atoms with Gasteiger partial charge in [-0.2, -0.15) is 18.3 Å². The lowest BCUT2D eigenvalue weighted by atomic mass is 9.83. The van der Waals surface area contributed by atoms with Gasteiger partial charge in [0, 0.05) is 36.1 Å². The summed E-state index contributed by atoms with van der Waals surface area (Å²) in [7, 11) is 0. The van der Waals surface area contributed by atoms with Crippen molar-refractivity contribution in [3.05, 3.63) is 52.4 Å². The van der Waals surface area contributed by atoms with Crippen LogP contribution in [-0.2, 0) is 5.54 Å². The molecule has 1 atom stereocenters. The van der Waals surface area contributed by atoms with Crippen LogP contribution in [0.3, 0.4) is 0 Å². The number of hydrogen-bond acceptors (Lipinski definition) is 5. The third-order valence-corrected chi connectivity index (χ3v) is 7.77. The first-order chi connectivity index (χ1) is 18.0. The Hall–Kier alpha value is -2.85. The van der Waals surface area contributed by atoms with Gasteiger partial charge in [-0.3, -0.25) is 19.7 Å². The second-order valence-electron chi connectivity index (χ2n) is 12.7. The van der Waals surface area contributed by atoms with E-state index in [1.165, 1.54) is 12.1 Å². The topological polar surface area (TPSA) is 78.0 Å². The number of hydrogen-bond donors (Lipinski definition) is 3. The number of aromatic nitrogens is 3. The molecule has 10 heteroatoms. The Morgan fingerprint density at radius 3 is 2.15 bits per heavy atom. The van der Waals surface area contributed by atoms with Crippen molar-refractivity contribution >= 4 is 22.4 Å². The summed E-state index contributed by atoms with van der Waals surface area (Å²) in [6.07, 6.45) is -0.144. The van der Waals surface area contributed by atoms with E-state index in [1.807, 2.05) is 10.7 Å². The van der Waals surface area contributed by atoms with Gasteiger partial charge in [0.1, 0.15) is 11.4 Å². The minimum atomic E-state index is -4.44. The highest BCUT2D eigenvalue weighted by Gasteiger charge is 2.43. The van der Waals surface area contributed by atoms with Gasteiger partial charge in [-0.1, -0.05) is 19.1 Å². The zero-order valence-electron chi connectivity index (χ0n) is 24.0. The number of alkyl halides is 3. The molecule has 0 amide bonds. The van der Waals surface area contributed by atoms with Crippen molar-refractivity contribution in [1.29, 1.82) is 0 Å². The number of fused-ring (bicyclic) bond motifs is 1. The number of H-pyrrole nitrogens is 1. The average Bonchev–Trinajstić information content (AvgIpc) is 3.21. The van der Waals surface area contributed by atoms with Gasteiger partial charge in [-0.25, -0.2) is 0 Å². The van der Waals surface area contributed by atoms with Gasteiger partial charge in [0.25, 0.3) is 5.56 Å². The van der Waals surface area contributed by atoms with Crippen LogP contribution in [0.2, 0.25) is 0 Å². The normalized spacial score (nSPS) is 17.9. The smallest absolute Gasteiger partial charge is 0.338 e. The lowest BCUT2D eigenvalue weighted by Crippen LogP contribution is -2.52. The summed E-state index contributed by atoms with van der Waals surface area (Å²) in [6.45, 7) is 15.8. The first-order valence-corrected chi connectivity index (χ1v) is 13.6. The molecule has 4 rings (SSSR count). The molecule has 3 aromatic rings. The fraction of sp³-hybridized carbons (Fsp3) is 0.586. The molecular weight excluding hydrogens is 505 g/mol. The molecule has 214 valence electrons. The van der Waals surface area contributed by atoms with Crippen LogP contribution >= 0.6 is 0 Å². The van der Waals surface area contributed by atoms with Crippen LogP contribution < -0.4 is 16.2 Å². The van der Waals surface area contributed by atoms with Gasteiger partial charge >= 0.3 is 6.18 Å². The molecule has 1 saturated heterocycles. The molecule has 7 nitrogen and oxygen atoms in total. The number of benzene rings is 1. The van der Waals surface area contributed by atoms with E-state index in [-0.39, 0.29) is 22.2 Å². The van der Waals surface area contributed by atoms with Gasteiger partial charge in [0.2, 0.25) is 0 Å². The van der Waals surface area contributed by atoms with Crippen LogP contribution in [0.5, 0.6) is 0 Å². The Labute approximate surface area is 228 Å². The fourth-order valence-corrected chi connectivity index (χ4v) is 5.52. The third kappa shape index (κ3) is 6.17. The number of halogens is 3. The average molecular weight is 547 g/mol. The van der Waals surface area contributed by atoms with E-state index in [0.717, 1.165) is 37.9 Å². The second-order valence-corrected chi connectivity index (χ2v) is 12.7. The lowest BCUT2D eigenvalue weighted by molar-refractivity contribution is -0.161. The molecule has 3 heterocycles. The molecule has 3 N–H and O–H groups in total. The summed E-state index contributed by atoms with van der Waals surface area (Å²) in [4.78, 5) is 18.2. The molecule has 1 fully saturated rings. The van der Waals surface area contributed by atoms with Gasteiger partial charge in [-0.15, -0.1) is 0 Å². The first-order valence-electron chi connectivity index (χ1n) is 13.6. The van der Waals surface area contributed by atoms with E-state index >= 15 is 0 Å². The molecule has 0 radical (unpaired) electrons. The summed E-state index contributed by atoms with van der Waals surface area (Å²) in [5.74, 6) is 0.394. The van der Waals surface area contributed by atoms with E-state index < -0.39 is 17.8 Å². The number of likely N-dealkylation sites (tertiary alicyclic amines) is 1. The maximum Gasteiger partial charge on any atom is 0.407 e. The minimum Gasteiger partial charge on any atom is -0.338 e. The first kappa shape index (κ1) is 29.1. The van der Waals surface area contributed by atoms with Crippen molar-refractivity contribution < 1.29 is 13.2 Å². The zero-order valence-corrected chi connectivity index (χ0v) is 24.0. The predicted molar refractivity (Wildman–Crippen MR) is 151 cm³/mol. The van der Waals surface area contributed by atoms with E-state index in [4.69, 9.17) is 5.10 Å². The molecule has 39 heavy (non-hydrogen) atoms. The molecule has 0 aliphatic carbocycles. The number of nitrogens with one attached hydrogen (secondary N) is 3. The Morgan fingerprint density at radius 1 is 1.03 bits per heavy atom. The Bertz CT molecular complexity index is 1340. The summed E-state index contributed by atoms with van der Waals surface area (Å²) in [5, 5.41) is 11.2. The predicted octanol–water partition coefficient (Wildman–Crippen LogP) is 6.46. The monoisotopic (exact) mass is 546 g/mol. The number of piperidine rings is 1. The van der Waals surface area contributed by atoms with E-state index in [9.17, 15) is 18.0 Å². The Balaban J connectivity index is 1.67. The molecule has 1 aromatic carbocycles. The molecule has 0 unspecified atom stereocenters. The van der Waals surface area contributed by atoms with Gasteiger partial charge < -0.3 is 10.3 Å². The number of rotatable bonds is 6. The van der Waals surface area contributed by atoms with Crippen LogP contribution in [0, 0.1) is 0 Å². The SMILES string of the molecule is CCC1(n2nc(Nc3ccc([C@H](NC(C)(C)C)C(F)(F)F)cc3)c3c(=O)[nH]ccc32)CCN(C(C)(C)C)CC1. The van der Waals surface area contributed by atoms with Crippen molar-refractivity contribution in [1.82, 2.24) is 25.0 Å². The van der Waals surface area contributed by atoms with Crippen LogP contribution in [-0.4, -0.2) is 50.0 Å². The van der Waals surface area contributed by atoms with Crippen LogP contribution in [0.25, 0.3) is 10.9 Å². The highest BCUT2D eigenvalue weighted by atomic mass is 19.4. The third-order valence-electron chi connectivity index (χ3n) is 7.77. The van der Waals surface area contributed by atoms with Crippen LogP contribution in [0.1, 0.15) is 79.3 Å². The van der Waals surface area contributed by atoms with Gasteiger partial charge in [0.15, 0.2) is 5.82 Å². The van der Waals surface area contributed by atoms with Crippen molar-refractivity contribution in [3.8, 4) is 0 Å². The maximum atomic E-state index is 13.8. The Kier molecular flexibility index (Phi) is 7.68. The van der Waals surface area contributed by atoms with E-state index in [1.54, 1.807) is 39.1 Å². The summed E-state index contributed by atoms with van der Waals surface area (Å²) in [5.41, 5.74) is 0.275. The number of anilines is 2. The highest BCUT2D eigenvalue weighted by Crippen LogP contribution is 2.39. The largest absolute Gasteiger partial charge is 0.407 e. The Morgan fingerprint density at radius 2 is 1.64 bits per heavy atom. The molecule has 2 aromatic heterocycles. The van der Waals surface area contributed by atoms with E-state index in [0.29, 0.717) is 16.9 Å². The second kappa shape index (κ2) is 10.3. The molecule has 1 aliphatic heterocycles. The van der Waals surface area contributed by atoms with Gasteiger partial charge in [0.05, 0.1) is 11.1 Å². The standard InChI is InChI=1S/C29H41F3N6O/c1-8-28(14-17-37(18-15-28)27(5,6)7)38-21-13-16-33-25(39)22(21)24(36-38)34-20-11-9-19(10-12-20)23(29(30,31)32)35-26(2,3)4/h9-13,16,23,35H,8,14-15,17-18H2,1-7H3,(H,33,39)(H,34,36)/t23-/m0/s1. The summed E-state index contributed by atoms with van der Waals surface area (Å²) in [6, 6.07) is 6.18. The quantitative estimate of drug-likeness (QED) is 0.331. The van der Waals surface area contributed by atoms with Gasteiger partial charge in [-0.05, 0) is 84.6 Å². The number of pyridine rings is 1. The van der Waals surface area contributed by atoms with Crippen molar-refractivity contribution in [2.24, 2.45) is 0 Å². The van der Waals surface area contributed by atoms with Crippen LogP contribution in [0.15, 0.2) is 41.3 Å². The minimum absolute atomic E-state index is 0.0790. The molecule has 0 spiro atoms. The number of nitrogens with zero attached hydrogens (tertiary/aromatic N) is 3. The van der Waals surface area contributed by atoms with Crippen molar-refractivity contribution in [3.63, 3.8) is 0 Å².